The van der Waals surface area contributed by atoms with Crippen LogP contribution in [0.15, 0.2) is 60.8 Å². The van der Waals surface area contributed by atoms with Crippen LogP contribution in [0.5, 0.6) is 0 Å². The Kier molecular flexibility index (Phi) is 8.55. The minimum atomic E-state index is -0.946. The van der Waals surface area contributed by atoms with Crippen molar-refractivity contribution in [1.82, 2.24) is 29.7 Å². The molecule has 4 unspecified atom stereocenters. The van der Waals surface area contributed by atoms with Crippen LogP contribution in [-0.2, 0) is 9.59 Å². The average Bonchev–Trinajstić information content (AvgIpc) is 3.91. The van der Waals surface area contributed by atoms with Gasteiger partial charge in [-0.2, -0.15) is 0 Å². The average molecular weight is 667 g/mol. The molecule has 4 atom stereocenters. The largest absolute Gasteiger partial charge is 0.340 e. The number of benzene rings is 3. The van der Waals surface area contributed by atoms with Gasteiger partial charge in [0.05, 0.1) is 53.0 Å². The molecule has 2 saturated heterocycles. The summed E-state index contributed by atoms with van der Waals surface area (Å²) in [6.45, 7) is 4.61. The van der Waals surface area contributed by atoms with E-state index in [1.807, 2.05) is 29.8 Å². The molecule has 11 heteroatoms. The van der Waals surface area contributed by atoms with E-state index in [1.54, 1.807) is 0 Å². The number of rotatable bonds is 8. The Hall–Kier alpha value is -4.19. The molecule has 0 saturated carbocycles. The standard InChI is InChI=1S/C37H46N8O2S/c1-5-27(38)36(46)44-17-7-8-31(44)35-41-29-16-14-25-18-24(13-15-26(25)33(29)43-35)22-9-11-23(12-10-22)30-19-40-34(42-30)32-20-48(3,4)21-45(32)37(47)28(39)6-2/h9-16,18-19,27-28,31-32H,5-8,17,20-21,38-39H2,1-4H3,(H,40,42)(H,41,43). The molecule has 0 radical (unpaired) electrons. The van der Waals surface area contributed by atoms with Crippen LogP contribution < -0.4 is 11.5 Å². The van der Waals surface area contributed by atoms with Gasteiger partial charge in [0.2, 0.25) is 11.8 Å². The Morgan fingerprint density at radius 2 is 1.56 bits per heavy atom. The molecule has 4 heterocycles. The van der Waals surface area contributed by atoms with Crippen molar-refractivity contribution in [3.8, 4) is 22.4 Å². The summed E-state index contributed by atoms with van der Waals surface area (Å²) < 4.78 is 0. The zero-order valence-corrected chi connectivity index (χ0v) is 29.0. The number of H-pyrrole nitrogens is 2. The van der Waals surface area contributed by atoms with Gasteiger partial charge in [-0.05, 0) is 72.4 Å². The van der Waals surface area contributed by atoms with Gasteiger partial charge in [-0.3, -0.25) is 9.59 Å². The van der Waals surface area contributed by atoms with E-state index >= 15 is 0 Å². The second kappa shape index (κ2) is 12.7. The van der Waals surface area contributed by atoms with Crippen molar-refractivity contribution >= 4 is 43.6 Å². The number of fused-ring (bicyclic) bond motifs is 3. The van der Waals surface area contributed by atoms with E-state index in [0.29, 0.717) is 19.4 Å². The lowest BCUT2D eigenvalue weighted by molar-refractivity contribution is -0.134. The van der Waals surface area contributed by atoms with Crippen LogP contribution in [-0.4, -0.2) is 84.3 Å². The van der Waals surface area contributed by atoms with E-state index < -0.39 is 22.1 Å². The molecule has 7 rings (SSSR count). The summed E-state index contributed by atoms with van der Waals surface area (Å²) >= 11 is 0. The highest BCUT2D eigenvalue weighted by Gasteiger charge is 2.41. The summed E-state index contributed by atoms with van der Waals surface area (Å²) in [7, 11) is -0.946. The quantitative estimate of drug-likeness (QED) is 0.164. The molecular formula is C37H46N8O2S. The summed E-state index contributed by atoms with van der Waals surface area (Å²) in [4.78, 5) is 46.7. The summed E-state index contributed by atoms with van der Waals surface area (Å²) in [6.07, 6.45) is 9.48. The fourth-order valence-corrected chi connectivity index (χ4v) is 9.58. The highest BCUT2D eigenvalue weighted by Crippen LogP contribution is 2.52. The molecule has 3 aromatic carbocycles. The second-order valence-electron chi connectivity index (χ2n) is 13.9. The predicted octanol–water partition coefficient (Wildman–Crippen LogP) is 5.82. The third-order valence-electron chi connectivity index (χ3n) is 10.0. The number of nitrogens with two attached hydrogens (primary N) is 2. The minimum Gasteiger partial charge on any atom is -0.340 e. The Morgan fingerprint density at radius 1 is 0.875 bits per heavy atom. The Bertz CT molecular complexity index is 1980. The van der Waals surface area contributed by atoms with Crippen molar-refractivity contribution in [3.63, 3.8) is 0 Å². The van der Waals surface area contributed by atoms with Crippen LogP contribution in [0.2, 0.25) is 0 Å². The number of likely N-dealkylation sites (tertiary alicyclic amines) is 1. The lowest BCUT2D eigenvalue weighted by Gasteiger charge is -2.27. The van der Waals surface area contributed by atoms with Gasteiger partial charge < -0.3 is 31.2 Å². The first-order valence-corrected chi connectivity index (χ1v) is 19.7. The van der Waals surface area contributed by atoms with Gasteiger partial charge >= 0.3 is 0 Å². The van der Waals surface area contributed by atoms with E-state index in [0.717, 1.165) is 80.3 Å². The third-order valence-corrected chi connectivity index (χ3v) is 12.2. The van der Waals surface area contributed by atoms with Crippen LogP contribution in [0.4, 0.5) is 0 Å². The van der Waals surface area contributed by atoms with Gasteiger partial charge in [-0.15, -0.1) is 0 Å². The van der Waals surface area contributed by atoms with Crippen molar-refractivity contribution in [2.45, 2.75) is 63.7 Å². The van der Waals surface area contributed by atoms with Gasteiger partial charge in [0, 0.05) is 17.7 Å². The molecule has 48 heavy (non-hydrogen) atoms. The fourth-order valence-electron chi connectivity index (χ4n) is 7.22. The van der Waals surface area contributed by atoms with Gasteiger partial charge in [-0.1, -0.05) is 56.3 Å². The number of nitrogens with zero attached hydrogens (tertiary/aromatic N) is 4. The highest BCUT2D eigenvalue weighted by atomic mass is 32.3. The minimum absolute atomic E-state index is 0.00319. The molecule has 2 aliphatic heterocycles. The van der Waals surface area contributed by atoms with Crippen LogP contribution in [0.1, 0.15) is 63.3 Å². The number of hydrogen-bond acceptors (Lipinski definition) is 6. The maximum absolute atomic E-state index is 13.1. The third kappa shape index (κ3) is 5.88. The summed E-state index contributed by atoms with van der Waals surface area (Å²) in [5, 5.41) is 2.18. The maximum Gasteiger partial charge on any atom is 0.240 e. The van der Waals surface area contributed by atoms with Gasteiger partial charge in [-0.25, -0.2) is 20.0 Å². The van der Waals surface area contributed by atoms with Crippen LogP contribution in [0.3, 0.4) is 0 Å². The number of aromatic amines is 2. The molecule has 2 aromatic heterocycles. The maximum atomic E-state index is 13.1. The number of hydrogen-bond donors (Lipinski definition) is 4. The molecule has 0 bridgehead atoms. The molecule has 2 amide bonds. The molecule has 2 aliphatic rings. The van der Waals surface area contributed by atoms with Crippen molar-refractivity contribution in [2.24, 2.45) is 11.5 Å². The highest BCUT2D eigenvalue weighted by molar-refractivity contribution is 8.32. The molecule has 2 fully saturated rings. The number of carbonyl (C=O) groups is 2. The second-order valence-corrected chi connectivity index (χ2v) is 18.0. The van der Waals surface area contributed by atoms with E-state index in [4.69, 9.17) is 21.4 Å². The normalized spacial score (nSPS) is 21.2. The van der Waals surface area contributed by atoms with E-state index in [-0.39, 0.29) is 23.9 Å². The van der Waals surface area contributed by atoms with E-state index in [2.05, 4.69) is 77.1 Å². The first-order valence-electron chi connectivity index (χ1n) is 17.0. The van der Waals surface area contributed by atoms with E-state index in [1.165, 1.54) is 0 Å². The summed E-state index contributed by atoms with van der Waals surface area (Å²) in [5.41, 5.74) is 18.3. The SMILES string of the molecule is CCC(N)C(=O)N1CS(C)(C)CC1c1ncc(-c2ccc(-c3ccc4c(ccc5[nH]c(C6CCCN6C(=O)C(N)CC)nc54)c3)cc2)[nH]1. The zero-order chi connectivity index (χ0) is 33.7. The van der Waals surface area contributed by atoms with Gasteiger partial charge in [0.25, 0.3) is 0 Å². The van der Waals surface area contributed by atoms with Crippen molar-refractivity contribution < 1.29 is 9.59 Å². The number of carbonyl (C=O) groups excluding carboxylic acids is 2. The number of amides is 2. The van der Waals surface area contributed by atoms with Crippen molar-refractivity contribution in [1.29, 1.82) is 0 Å². The fraction of sp³-hybridized carbons (Fsp3) is 0.405. The lowest BCUT2D eigenvalue weighted by atomic mass is 9.99. The van der Waals surface area contributed by atoms with Gasteiger partial charge in [0.15, 0.2) is 0 Å². The summed E-state index contributed by atoms with van der Waals surface area (Å²) in [6, 6.07) is 18.1. The van der Waals surface area contributed by atoms with Crippen LogP contribution in [0.25, 0.3) is 44.2 Å². The first-order chi connectivity index (χ1) is 23.1. The molecule has 10 nitrogen and oxygen atoms in total. The molecule has 5 aromatic rings. The zero-order valence-electron chi connectivity index (χ0n) is 28.2. The van der Waals surface area contributed by atoms with E-state index in [9.17, 15) is 9.59 Å². The molecule has 252 valence electrons. The lowest BCUT2D eigenvalue weighted by Crippen LogP contribution is -2.43. The number of nitrogens with one attached hydrogen (secondary N) is 2. The van der Waals surface area contributed by atoms with Crippen molar-refractivity contribution in [2.75, 3.05) is 30.7 Å². The number of aromatic nitrogens is 4. The van der Waals surface area contributed by atoms with Crippen molar-refractivity contribution in [3.05, 3.63) is 72.4 Å². The summed E-state index contributed by atoms with van der Waals surface area (Å²) in [5.74, 6) is 3.33. The smallest absolute Gasteiger partial charge is 0.240 e. The monoisotopic (exact) mass is 666 g/mol. The Morgan fingerprint density at radius 3 is 2.29 bits per heavy atom. The first kappa shape index (κ1) is 32.4. The number of imidazole rings is 2. The van der Waals surface area contributed by atoms with Gasteiger partial charge in [0.1, 0.15) is 11.6 Å². The Labute approximate surface area is 283 Å². The molecule has 0 aliphatic carbocycles. The van der Waals surface area contributed by atoms with Crippen LogP contribution >= 0.6 is 10.0 Å². The molecular weight excluding hydrogens is 621 g/mol. The Balaban J connectivity index is 1.11. The van der Waals surface area contributed by atoms with Crippen LogP contribution in [0, 0.1) is 0 Å². The molecule has 6 N–H and O–H groups in total. The molecule has 0 spiro atoms. The predicted molar refractivity (Wildman–Crippen MR) is 196 cm³/mol. The topological polar surface area (TPSA) is 150 Å².